The fourth-order valence-corrected chi connectivity index (χ4v) is 4.55. The lowest BCUT2D eigenvalue weighted by Gasteiger charge is -2.39. The molecule has 0 saturated heterocycles. The Morgan fingerprint density at radius 1 is 1.00 bits per heavy atom. The minimum Gasteiger partial charge on any atom is -0.478 e. The van der Waals surface area contributed by atoms with E-state index in [1.807, 2.05) is 19.1 Å². The summed E-state index contributed by atoms with van der Waals surface area (Å²) >= 11 is 0. The monoisotopic (exact) mass is 380 g/mol. The van der Waals surface area contributed by atoms with Crippen LogP contribution in [0.3, 0.4) is 0 Å². The van der Waals surface area contributed by atoms with Crippen molar-refractivity contribution in [2.45, 2.75) is 76.7 Å². The minimum atomic E-state index is -1.18. The van der Waals surface area contributed by atoms with E-state index >= 15 is 0 Å². The molecule has 0 radical (unpaired) electrons. The van der Waals surface area contributed by atoms with E-state index in [0.717, 1.165) is 19.3 Å². The number of rotatable bonds is 7. The Kier molecular flexibility index (Phi) is 6.12. The molecule has 1 fully saturated rings. The van der Waals surface area contributed by atoms with Gasteiger partial charge >= 0.3 is 5.97 Å². The summed E-state index contributed by atoms with van der Waals surface area (Å²) in [6.45, 7) is 5.75. The number of carboxylic acid groups (broad SMARTS) is 1. The number of carbonyl (C=O) groups is 1. The van der Waals surface area contributed by atoms with E-state index < -0.39 is 11.6 Å². The van der Waals surface area contributed by atoms with Crippen LogP contribution in [0.5, 0.6) is 5.75 Å². The molecular weight excluding hydrogens is 348 g/mol. The van der Waals surface area contributed by atoms with Crippen LogP contribution in [0.2, 0.25) is 0 Å². The zero-order valence-electron chi connectivity index (χ0n) is 17.3. The molecule has 3 rings (SSSR count). The van der Waals surface area contributed by atoms with Crippen LogP contribution in [-0.4, -0.2) is 16.7 Å². The Balaban J connectivity index is 1.91. The molecule has 3 nitrogen and oxygen atoms in total. The maximum Gasteiger partial charge on any atom is 0.347 e. The molecule has 1 aliphatic rings. The molecule has 1 N–H and O–H groups in total. The zero-order valence-corrected chi connectivity index (χ0v) is 17.3. The van der Waals surface area contributed by atoms with Crippen LogP contribution in [0.4, 0.5) is 0 Å². The highest BCUT2D eigenvalue weighted by atomic mass is 16.5. The average Bonchev–Trinajstić information content (AvgIpc) is 2.69. The van der Waals surface area contributed by atoms with E-state index in [1.54, 1.807) is 6.92 Å². The molecule has 1 unspecified atom stereocenters. The van der Waals surface area contributed by atoms with Gasteiger partial charge in [0.2, 0.25) is 5.60 Å². The second kappa shape index (κ2) is 8.38. The normalized spacial score (nSPS) is 18.2. The molecule has 150 valence electrons. The molecule has 0 spiro atoms. The van der Waals surface area contributed by atoms with Gasteiger partial charge in [0.25, 0.3) is 0 Å². The summed E-state index contributed by atoms with van der Waals surface area (Å²) in [6, 6.07) is 17.1. The van der Waals surface area contributed by atoms with E-state index in [0.29, 0.717) is 12.2 Å². The van der Waals surface area contributed by atoms with Crippen molar-refractivity contribution in [2.24, 2.45) is 0 Å². The number of hydrogen-bond donors (Lipinski definition) is 1. The van der Waals surface area contributed by atoms with Gasteiger partial charge in [-0.25, -0.2) is 4.79 Å². The van der Waals surface area contributed by atoms with Gasteiger partial charge in [0.15, 0.2) is 0 Å². The van der Waals surface area contributed by atoms with Gasteiger partial charge in [-0.15, -0.1) is 0 Å². The molecule has 0 heterocycles. The highest BCUT2D eigenvalue weighted by Crippen LogP contribution is 2.45. The van der Waals surface area contributed by atoms with Crippen LogP contribution in [0.25, 0.3) is 0 Å². The van der Waals surface area contributed by atoms with Gasteiger partial charge in [0, 0.05) is 5.41 Å². The summed E-state index contributed by atoms with van der Waals surface area (Å²) in [6.07, 6.45) is 7.31. The van der Waals surface area contributed by atoms with Crippen molar-refractivity contribution in [3.8, 4) is 5.75 Å². The first kappa shape index (κ1) is 20.4. The van der Waals surface area contributed by atoms with Crippen molar-refractivity contribution in [2.75, 3.05) is 0 Å². The molecular formula is C25H32O3. The molecule has 0 amide bonds. The molecule has 28 heavy (non-hydrogen) atoms. The van der Waals surface area contributed by atoms with Gasteiger partial charge in [0.1, 0.15) is 5.75 Å². The lowest BCUT2D eigenvalue weighted by Crippen LogP contribution is -2.41. The molecule has 1 atom stereocenters. The van der Waals surface area contributed by atoms with Crippen molar-refractivity contribution in [3.63, 3.8) is 0 Å². The lowest BCUT2D eigenvalue weighted by atomic mass is 9.65. The largest absolute Gasteiger partial charge is 0.478 e. The number of aryl methyl sites for hydroxylation is 1. The van der Waals surface area contributed by atoms with Crippen molar-refractivity contribution < 1.29 is 14.6 Å². The van der Waals surface area contributed by atoms with Crippen molar-refractivity contribution in [3.05, 3.63) is 65.2 Å². The molecule has 0 aromatic heterocycles. The van der Waals surface area contributed by atoms with Crippen LogP contribution < -0.4 is 4.74 Å². The standard InChI is InChI=1S/C25H32O3/c1-4-16-24(3,23(26)27)28-22-14-12-21(13-15-22)25(17-6-5-7-18-25)20-10-8-19(2)9-11-20/h8-15H,4-7,16-18H2,1-3H3,(H,26,27). The maximum atomic E-state index is 11.7. The molecule has 2 aromatic rings. The third-order valence-electron chi connectivity index (χ3n) is 6.24. The first-order valence-corrected chi connectivity index (χ1v) is 10.5. The molecule has 3 heteroatoms. The van der Waals surface area contributed by atoms with Crippen molar-refractivity contribution in [1.29, 1.82) is 0 Å². The maximum absolute atomic E-state index is 11.7. The summed E-state index contributed by atoms with van der Waals surface area (Å²) in [4.78, 5) is 11.7. The SMILES string of the molecule is CCCC(C)(Oc1ccc(C2(c3ccc(C)cc3)CCCCC2)cc1)C(=O)O. The van der Waals surface area contributed by atoms with Crippen LogP contribution in [-0.2, 0) is 10.2 Å². The quantitative estimate of drug-likeness (QED) is 0.616. The second-order valence-electron chi connectivity index (χ2n) is 8.42. The molecule has 0 bridgehead atoms. The summed E-state index contributed by atoms with van der Waals surface area (Å²) in [5.74, 6) is -0.293. The van der Waals surface area contributed by atoms with E-state index in [1.165, 1.54) is 36.0 Å². The highest BCUT2D eigenvalue weighted by Gasteiger charge is 2.37. The number of aliphatic carboxylic acids is 1. The fourth-order valence-electron chi connectivity index (χ4n) is 4.55. The Hall–Kier alpha value is -2.29. The second-order valence-corrected chi connectivity index (χ2v) is 8.42. The van der Waals surface area contributed by atoms with E-state index in [9.17, 15) is 9.90 Å². The van der Waals surface area contributed by atoms with Crippen LogP contribution in [0, 0.1) is 6.92 Å². The van der Waals surface area contributed by atoms with Crippen LogP contribution in [0.1, 0.15) is 75.5 Å². The van der Waals surface area contributed by atoms with E-state index in [4.69, 9.17) is 4.74 Å². The molecule has 0 aliphatic heterocycles. The molecule has 2 aromatic carbocycles. The van der Waals surface area contributed by atoms with Crippen LogP contribution >= 0.6 is 0 Å². The lowest BCUT2D eigenvalue weighted by molar-refractivity contribution is -0.154. The van der Waals surface area contributed by atoms with Crippen molar-refractivity contribution in [1.82, 2.24) is 0 Å². The smallest absolute Gasteiger partial charge is 0.347 e. The summed E-state index contributed by atoms with van der Waals surface area (Å²) in [5, 5.41) is 9.57. The Morgan fingerprint density at radius 2 is 1.54 bits per heavy atom. The molecule has 1 aliphatic carbocycles. The van der Waals surface area contributed by atoms with Gasteiger partial charge in [-0.3, -0.25) is 0 Å². The average molecular weight is 381 g/mol. The summed E-state index contributed by atoms with van der Waals surface area (Å²) < 4.78 is 5.90. The Morgan fingerprint density at radius 3 is 2.04 bits per heavy atom. The predicted molar refractivity (Wildman–Crippen MR) is 113 cm³/mol. The minimum absolute atomic E-state index is 0.0456. The summed E-state index contributed by atoms with van der Waals surface area (Å²) in [7, 11) is 0. The third-order valence-corrected chi connectivity index (χ3v) is 6.24. The van der Waals surface area contributed by atoms with Crippen LogP contribution in [0.15, 0.2) is 48.5 Å². The number of benzene rings is 2. The van der Waals surface area contributed by atoms with Gasteiger partial charge in [-0.1, -0.05) is 74.6 Å². The molecule has 1 saturated carbocycles. The first-order chi connectivity index (χ1) is 13.4. The van der Waals surface area contributed by atoms with E-state index in [2.05, 4.69) is 43.3 Å². The third kappa shape index (κ3) is 4.09. The van der Waals surface area contributed by atoms with Gasteiger partial charge < -0.3 is 9.84 Å². The highest BCUT2D eigenvalue weighted by molar-refractivity contribution is 5.77. The predicted octanol–water partition coefficient (Wildman–Crippen LogP) is 6.27. The van der Waals surface area contributed by atoms with Gasteiger partial charge in [-0.05, 0) is 56.4 Å². The zero-order chi connectivity index (χ0) is 20.2. The number of ether oxygens (including phenoxy) is 1. The first-order valence-electron chi connectivity index (χ1n) is 10.5. The van der Waals surface area contributed by atoms with E-state index in [-0.39, 0.29) is 5.41 Å². The van der Waals surface area contributed by atoms with Gasteiger partial charge in [-0.2, -0.15) is 0 Å². The summed E-state index contributed by atoms with van der Waals surface area (Å²) in [5.41, 5.74) is 2.82. The Bertz CT molecular complexity index is 786. The Labute approximate surface area is 168 Å². The van der Waals surface area contributed by atoms with Crippen molar-refractivity contribution >= 4 is 5.97 Å². The number of hydrogen-bond acceptors (Lipinski definition) is 2. The van der Waals surface area contributed by atoms with Gasteiger partial charge in [0.05, 0.1) is 0 Å². The fraction of sp³-hybridized carbons (Fsp3) is 0.480. The topological polar surface area (TPSA) is 46.5 Å². The number of carboxylic acids is 1.